The molecule has 0 heterocycles. The summed E-state index contributed by atoms with van der Waals surface area (Å²) in [6.07, 6.45) is -13.5. The van der Waals surface area contributed by atoms with Crippen molar-refractivity contribution in [1.82, 2.24) is 0 Å². The molecule has 0 spiro atoms. The van der Waals surface area contributed by atoms with Crippen molar-refractivity contribution >= 4 is 6.16 Å². The number of alkyl halides is 6. The van der Waals surface area contributed by atoms with Gasteiger partial charge >= 0.3 is 24.1 Å². The number of hydrogen-bond acceptors (Lipinski definition) is 4. The molecular formula is C18H26F6O4. The van der Waals surface area contributed by atoms with Crippen molar-refractivity contribution in [3.63, 3.8) is 0 Å². The average molecular weight is 420 g/mol. The highest BCUT2D eigenvalue weighted by Gasteiger charge is 2.75. The van der Waals surface area contributed by atoms with Gasteiger partial charge in [-0.25, -0.2) is 4.79 Å². The number of hydrogen-bond donors (Lipinski definition) is 0. The first-order valence-electron chi connectivity index (χ1n) is 9.15. The maximum atomic E-state index is 13.5. The first kappa shape index (κ1) is 23.1. The summed E-state index contributed by atoms with van der Waals surface area (Å²) in [7, 11) is 0. The van der Waals surface area contributed by atoms with Gasteiger partial charge in [0, 0.05) is 0 Å². The number of carbonyl (C=O) groups excluding carboxylic acids is 1. The Hall–Kier alpha value is -1.19. The predicted molar refractivity (Wildman–Crippen MR) is 86.4 cm³/mol. The Labute approximate surface area is 159 Å². The van der Waals surface area contributed by atoms with Crippen molar-refractivity contribution in [2.75, 3.05) is 6.61 Å². The van der Waals surface area contributed by atoms with Gasteiger partial charge < -0.3 is 14.2 Å². The lowest BCUT2D eigenvalue weighted by Gasteiger charge is -2.38. The van der Waals surface area contributed by atoms with Crippen LogP contribution in [0.5, 0.6) is 0 Å². The topological polar surface area (TPSA) is 44.8 Å². The molecule has 28 heavy (non-hydrogen) atoms. The van der Waals surface area contributed by atoms with Crippen LogP contribution in [0.15, 0.2) is 0 Å². The Morgan fingerprint density at radius 2 is 1.43 bits per heavy atom. The molecule has 0 aromatic heterocycles. The molecule has 2 bridgehead atoms. The lowest BCUT2D eigenvalue weighted by molar-refractivity contribution is -0.381. The zero-order valence-corrected chi connectivity index (χ0v) is 16.4. The van der Waals surface area contributed by atoms with Crippen LogP contribution in [0.2, 0.25) is 0 Å². The van der Waals surface area contributed by atoms with Crippen LogP contribution in [-0.4, -0.2) is 42.4 Å². The molecule has 0 aromatic carbocycles. The summed E-state index contributed by atoms with van der Waals surface area (Å²) in [6.45, 7) is 5.98. The minimum Gasteiger partial charge on any atom is -0.429 e. The smallest absolute Gasteiger partial charge is 0.429 e. The van der Waals surface area contributed by atoms with Gasteiger partial charge in [-0.15, -0.1) is 0 Å². The van der Waals surface area contributed by atoms with Gasteiger partial charge in [0.2, 0.25) is 0 Å². The van der Waals surface area contributed by atoms with Gasteiger partial charge in [0.25, 0.3) is 0 Å². The highest BCUT2D eigenvalue weighted by Crippen LogP contribution is 2.54. The summed E-state index contributed by atoms with van der Waals surface area (Å²) in [5.41, 5.74) is -6.12. The van der Waals surface area contributed by atoms with E-state index in [1.54, 1.807) is 0 Å². The molecule has 5 atom stereocenters. The third kappa shape index (κ3) is 4.36. The second-order valence-electron chi connectivity index (χ2n) is 8.85. The molecule has 0 amide bonds. The summed E-state index contributed by atoms with van der Waals surface area (Å²) in [5.74, 6) is 0.586. The predicted octanol–water partition coefficient (Wildman–Crippen LogP) is 5.50. The van der Waals surface area contributed by atoms with E-state index in [1.165, 1.54) is 20.8 Å². The molecule has 10 heteroatoms. The summed E-state index contributed by atoms with van der Waals surface area (Å²) in [4.78, 5) is 11.7. The summed E-state index contributed by atoms with van der Waals surface area (Å²) in [5, 5.41) is 0. The number of halogens is 6. The number of ether oxygens (including phenoxy) is 3. The second-order valence-corrected chi connectivity index (χ2v) is 8.85. The van der Waals surface area contributed by atoms with Gasteiger partial charge in [-0.1, -0.05) is 13.8 Å². The molecule has 0 aromatic rings. The quantitative estimate of drug-likeness (QED) is 0.445. The standard InChI is InChI=1S/C18H26F6O4/c1-9-10(2)12-6-11(9)7-13(12)26-8-16(17(19,20)21,18(22,23)24)28-14(25)27-15(3,4)5/h9-13H,6-8H2,1-5H3. The first-order chi connectivity index (χ1) is 12.5. The van der Waals surface area contributed by atoms with E-state index in [4.69, 9.17) is 4.74 Å². The Balaban J connectivity index is 2.22. The van der Waals surface area contributed by atoms with Gasteiger partial charge in [0.15, 0.2) is 0 Å². The zero-order chi connectivity index (χ0) is 21.7. The van der Waals surface area contributed by atoms with Crippen LogP contribution in [-0.2, 0) is 14.2 Å². The fourth-order valence-electron chi connectivity index (χ4n) is 4.17. The molecule has 2 fully saturated rings. The Bertz CT molecular complexity index is 564. The van der Waals surface area contributed by atoms with Crippen molar-refractivity contribution in [2.45, 2.75) is 77.1 Å². The van der Waals surface area contributed by atoms with Gasteiger partial charge in [0.1, 0.15) is 12.2 Å². The molecule has 0 aliphatic heterocycles. The molecule has 0 radical (unpaired) electrons. The number of carbonyl (C=O) groups is 1. The van der Waals surface area contributed by atoms with Gasteiger partial charge in [-0.3, -0.25) is 0 Å². The third-order valence-corrected chi connectivity index (χ3v) is 5.90. The largest absolute Gasteiger partial charge is 0.510 e. The molecule has 2 rings (SSSR count). The molecule has 2 aliphatic rings. The van der Waals surface area contributed by atoms with Crippen LogP contribution < -0.4 is 0 Å². The molecule has 4 nitrogen and oxygen atoms in total. The minimum atomic E-state index is -5.93. The summed E-state index contributed by atoms with van der Waals surface area (Å²) < 4.78 is 94.7. The van der Waals surface area contributed by atoms with E-state index in [-0.39, 0.29) is 17.8 Å². The second kappa shape index (κ2) is 7.25. The number of rotatable bonds is 4. The monoisotopic (exact) mass is 420 g/mol. The Morgan fingerprint density at radius 3 is 1.82 bits per heavy atom. The summed E-state index contributed by atoms with van der Waals surface area (Å²) in [6, 6.07) is 0. The normalized spacial score (nSPS) is 31.2. The Kier molecular flexibility index (Phi) is 5.98. The first-order valence-corrected chi connectivity index (χ1v) is 9.15. The van der Waals surface area contributed by atoms with Crippen molar-refractivity contribution in [3.05, 3.63) is 0 Å². The van der Waals surface area contributed by atoms with Crippen molar-refractivity contribution in [3.8, 4) is 0 Å². The van der Waals surface area contributed by atoms with E-state index in [9.17, 15) is 31.1 Å². The Morgan fingerprint density at radius 1 is 0.893 bits per heavy atom. The zero-order valence-electron chi connectivity index (χ0n) is 16.4. The number of fused-ring (bicyclic) bond motifs is 2. The van der Waals surface area contributed by atoms with Crippen LogP contribution in [0.3, 0.4) is 0 Å². The van der Waals surface area contributed by atoms with Gasteiger partial charge in [-0.05, 0) is 57.3 Å². The van der Waals surface area contributed by atoms with Crippen LogP contribution in [0, 0.1) is 23.7 Å². The lowest BCUT2D eigenvalue weighted by Crippen LogP contribution is -2.63. The van der Waals surface area contributed by atoms with E-state index >= 15 is 0 Å². The van der Waals surface area contributed by atoms with E-state index in [0.717, 1.165) is 0 Å². The SMILES string of the molecule is CC1C2CC(OCC(OC(=O)OC(C)(C)C)(C(F)(F)F)C(F)(F)F)C(C2)C1C. The van der Waals surface area contributed by atoms with E-state index in [0.29, 0.717) is 18.8 Å². The van der Waals surface area contributed by atoms with E-state index in [2.05, 4.69) is 9.47 Å². The van der Waals surface area contributed by atoms with Gasteiger partial charge in [-0.2, -0.15) is 26.3 Å². The molecule has 0 N–H and O–H groups in total. The minimum absolute atomic E-state index is 0.110. The average Bonchev–Trinajstić information content (AvgIpc) is 2.99. The molecule has 164 valence electrons. The van der Waals surface area contributed by atoms with Crippen molar-refractivity contribution < 1.29 is 45.3 Å². The van der Waals surface area contributed by atoms with E-state index in [1.807, 2.05) is 13.8 Å². The fourth-order valence-corrected chi connectivity index (χ4v) is 4.17. The molecule has 2 saturated carbocycles. The van der Waals surface area contributed by atoms with Crippen LogP contribution >= 0.6 is 0 Å². The van der Waals surface area contributed by atoms with Crippen molar-refractivity contribution in [1.29, 1.82) is 0 Å². The molecule has 2 aliphatic carbocycles. The third-order valence-electron chi connectivity index (χ3n) is 5.90. The van der Waals surface area contributed by atoms with Gasteiger partial charge in [0.05, 0.1) is 6.10 Å². The molecule has 5 unspecified atom stereocenters. The highest BCUT2D eigenvalue weighted by molar-refractivity contribution is 5.61. The summed E-state index contributed by atoms with van der Waals surface area (Å²) >= 11 is 0. The lowest BCUT2D eigenvalue weighted by atomic mass is 9.80. The molecule has 0 saturated heterocycles. The van der Waals surface area contributed by atoms with Crippen LogP contribution in [0.4, 0.5) is 31.1 Å². The highest BCUT2D eigenvalue weighted by atomic mass is 19.4. The van der Waals surface area contributed by atoms with Crippen LogP contribution in [0.25, 0.3) is 0 Å². The maximum absolute atomic E-state index is 13.5. The fraction of sp³-hybridized carbons (Fsp3) is 0.944. The van der Waals surface area contributed by atoms with Crippen molar-refractivity contribution in [2.24, 2.45) is 23.7 Å². The molecular weight excluding hydrogens is 394 g/mol. The maximum Gasteiger partial charge on any atom is 0.510 e. The van der Waals surface area contributed by atoms with Crippen LogP contribution in [0.1, 0.15) is 47.5 Å². The van der Waals surface area contributed by atoms with E-state index < -0.39 is 42.4 Å².